The third-order valence-electron chi connectivity index (χ3n) is 2.78. The molecule has 0 N–H and O–H groups in total. The molecule has 0 spiro atoms. The summed E-state index contributed by atoms with van der Waals surface area (Å²) >= 11 is 0. The Kier molecular flexibility index (Phi) is 5.96. The van der Waals surface area contributed by atoms with Crippen LogP contribution in [-0.4, -0.2) is 44.1 Å². The Morgan fingerprint density at radius 1 is 0.842 bits per heavy atom. The van der Waals surface area contributed by atoms with Gasteiger partial charge in [0.05, 0.1) is 6.67 Å². The molecule has 0 aliphatic rings. The van der Waals surface area contributed by atoms with Crippen molar-refractivity contribution >= 4 is 28.3 Å². The monoisotopic (exact) mass is 298 g/mol. The number of hydrogen-bond acceptors (Lipinski definition) is 2. The SMILES string of the molecule is C=CC(=O)N(CN(C(=O)C=C)[Si](C)(C)C)[Si](C)(C)C. The van der Waals surface area contributed by atoms with Crippen molar-refractivity contribution < 1.29 is 9.59 Å². The third kappa shape index (κ3) is 5.16. The molecule has 108 valence electrons. The normalized spacial score (nSPS) is 11.7. The Morgan fingerprint density at radius 2 is 1.11 bits per heavy atom. The predicted octanol–water partition coefficient (Wildman–Crippen LogP) is 2.64. The number of carbonyl (C=O) groups is 2. The summed E-state index contributed by atoms with van der Waals surface area (Å²) in [4.78, 5) is 24.1. The molecular formula is C13H26N2O2Si2. The van der Waals surface area contributed by atoms with Crippen LogP contribution in [0.3, 0.4) is 0 Å². The first-order chi connectivity index (χ1) is 8.45. The molecule has 6 heteroatoms. The molecule has 0 saturated carbocycles. The molecule has 19 heavy (non-hydrogen) atoms. The number of amides is 2. The van der Waals surface area contributed by atoms with Gasteiger partial charge in [0.2, 0.25) is 11.8 Å². The van der Waals surface area contributed by atoms with Gasteiger partial charge in [-0.25, -0.2) is 0 Å². The molecule has 0 aliphatic heterocycles. The van der Waals surface area contributed by atoms with Gasteiger partial charge in [-0.1, -0.05) is 52.4 Å². The van der Waals surface area contributed by atoms with Gasteiger partial charge in [0, 0.05) is 0 Å². The van der Waals surface area contributed by atoms with Crippen molar-refractivity contribution in [2.75, 3.05) is 6.67 Å². The van der Waals surface area contributed by atoms with Gasteiger partial charge in [0.25, 0.3) is 0 Å². The predicted molar refractivity (Wildman–Crippen MR) is 85.6 cm³/mol. The van der Waals surface area contributed by atoms with Crippen LogP contribution in [0, 0.1) is 0 Å². The zero-order chi connectivity index (χ0) is 15.4. The largest absolute Gasteiger partial charge is 0.350 e. The molecule has 0 saturated heterocycles. The lowest BCUT2D eigenvalue weighted by atomic mass is 10.5. The number of hydrogen-bond donors (Lipinski definition) is 0. The van der Waals surface area contributed by atoms with Gasteiger partial charge in [0.15, 0.2) is 16.5 Å². The van der Waals surface area contributed by atoms with E-state index in [1.807, 2.05) is 0 Å². The minimum absolute atomic E-state index is 0.112. The van der Waals surface area contributed by atoms with E-state index in [0.717, 1.165) is 0 Å². The van der Waals surface area contributed by atoms with Crippen LogP contribution in [0.4, 0.5) is 0 Å². The zero-order valence-corrected chi connectivity index (χ0v) is 15.0. The minimum atomic E-state index is -1.86. The summed E-state index contributed by atoms with van der Waals surface area (Å²) in [5.74, 6) is -0.224. The van der Waals surface area contributed by atoms with Gasteiger partial charge in [0.1, 0.15) is 0 Å². The average molecular weight is 299 g/mol. The Balaban J connectivity index is 5.39. The molecule has 0 rings (SSSR count). The Hall–Kier alpha value is -1.15. The first kappa shape index (κ1) is 17.9. The maximum Gasteiger partial charge on any atom is 0.239 e. The summed E-state index contributed by atoms with van der Waals surface area (Å²) in [6, 6.07) is 0. The molecule has 4 nitrogen and oxygen atoms in total. The second-order valence-electron chi connectivity index (χ2n) is 6.42. The second kappa shape index (κ2) is 6.34. The third-order valence-corrected chi connectivity index (χ3v) is 6.75. The Labute approximate surface area is 119 Å². The summed E-state index contributed by atoms with van der Waals surface area (Å²) in [5.41, 5.74) is 0. The van der Waals surface area contributed by atoms with E-state index in [1.165, 1.54) is 12.2 Å². The number of rotatable bonds is 6. The van der Waals surface area contributed by atoms with Gasteiger partial charge >= 0.3 is 0 Å². The smallest absolute Gasteiger partial charge is 0.239 e. The minimum Gasteiger partial charge on any atom is -0.350 e. The Morgan fingerprint density at radius 3 is 1.26 bits per heavy atom. The van der Waals surface area contributed by atoms with Crippen LogP contribution in [0.2, 0.25) is 39.3 Å². The molecule has 2 amide bonds. The quantitative estimate of drug-likeness (QED) is 0.430. The summed E-state index contributed by atoms with van der Waals surface area (Å²) in [7, 11) is -3.73. The van der Waals surface area contributed by atoms with Crippen molar-refractivity contribution in [1.82, 2.24) is 9.13 Å². The topological polar surface area (TPSA) is 40.6 Å². The summed E-state index contributed by atoms with van der Waals surface area (Å²) in [6.07, 6.45) is 2.64. The van der Waals surface area contributed by atoms with Gasteiger partial charge in [-0.05, 0) is 12.2 Å². The lowest BCUT2D eigenvalue weighted by Crippen LogP contribution is -2.60. The van der Waals surface area contributed by atoms with Crippen molar-refractivity contribution in [3.63, 3.8) is 0 Å². The van der Waals surface area contributed by atoms with E-state index in [4.69, 9.17) is 0 Å². The molecule has 0 aromatic rings. The highest BCUT2D eigenvalue weighted by atomic mass is 28.3. The number of nitrogens with zero attached hydrogens (tertiary/aromatic N) is 2. The van der Waals surface area contributed by atoms with Crippen LogP contribution in [0.5, 0.6) is 0 Å². The van der Waals surface area contributed by atoms with Crippen LogP contribution in [0.25, 0.3) is 0 Å². The average Bonchev–Trinajstić information content (AvgIpc) is 2.24. The van der Waals surface area contributed by atoms with E-state index in [2.05, 4.69) is 52.4 Å². The van der Waals surface area contributed by atoms with Gasteiger partial charge in [-0.3, -0.25) is 9.59 Å². The molecule has 0 atom stereocenters. The van der Waals surface area contributed by atoms with Crippen LogP contribution in [-0.2, 0) is 9.59 Å². The fraction of sp³-hybridized carbons (Fsp3) is 0.538. The molecule has 0 unspecified atom stereocenters. The lowest BCUT2D eigenvalue weighted by molar-refractivity contribution is -0.127. The Bertz CT molecular complexity index is 345. The van der Waals surface area contributed by atoms with Gasteiger partial charge in [-0.2, -0.15) is 0 Å². The fourth-order valence-corrected chi connectivity index (χ4v) is 4.36. The first-order valence-electron chi connectivity index (χ1n) is 6.33. The maximum atomic E-state index is 12.0. The summed E-state index contributed by atoms with van der Waals surface area (Å²) < 4.78 is 3.58. The molecular weight excluding hydrogens is 272 g/mol. The van der Waals surface area contributed by atoms with Gasteiger partial charge in [-0.15, -0.1) is 0 Å². The molecule has 0 aromatic carbocycles. The molecule has 0 radical (unpaired) electrons. The van der Waals surface area contributed by atoms with E-state index in [0.29, 0.717) is 6.67 Å². The van der Waals surface area contributed by atoms with Crippen LogP contribution in [0.15, 0.2) is 25.3 Å². The second-order valence-corrected chi connectivity index (χ2v) is 16.2. The highest BCUT2D eigenvalue weighted by Crippen LogP contribution is 2.16. The van der Waals surface area contributed by atoms with Crippen molar-refractivity contribution in [3.05, 3.63) is 25.3 Å². The van der Waals surface area contributed by atoms with Crippen molar-refractivity contribution in [1.29, 1.82) is 0 Å². The van der Waals surface area contributed by atoms with Crippen molar-refractivity contribution in [3.8, 4) is 0 Å². The van der Waals surface area contributed by atoms with Crippen molar-refractivity contribution in [2.45, 2.75) is 39.3 Å². The zero-order valence-electron chi connectivity index (χ0n) is 13.0. The van der Waals surface area contributed by atoms with Crippen LogP contribution < -0.4 is 0 Å². The van der Waals surface area contributed by atoms with Crippen LogP contribution in [0.1, 0.15) is 0 Å². The molecule has 0 heterocycles. The lowest BCUT2D eigenvalue weighted by Gasteiger charge is -2.42. The van der Waals surface area contributed by atoms with Crippen molar-refractivity contribution in [2.24, 2.45) is 0 Å². The highest BCUT2D eigenvalue weighted by Gasteiger charge is 2.34. The standard InChI is InChI=1S/C13H26N2O2Si2/c1-9-12(16)14(18(3,4)5)11-15(13(17)10-2)19(6,7)8/h9-10H,1-2,11H2,3-8H3. The summed E-state index contributed by atoms with van der Waals surface area (Å²) in [5, 5.41) is 0. The van der Waals surface area contributed by atoms with E-state index in [-0.39, 0.29) is 11.8 Å². The van der Waals surface area contributed by atoms with E-state index < -0.39 is 16.5 Å². The molecule has 0 fully saturated rings. The molecule has 0 aliphatic carbocycles. The van der Waals surface area contributed by atoms with E-state index >= 15 is 0 Å². The van der Waals surface area contributed by atoms with Gasteiger partial charge < -0.3 is 9.13 Å². The van der Waals surface area contributed by atoms with E-state index in [9.17, 15) is 9.59 Å². The maximum absolute atomic E-state index is 12.0. The molecule has 0 aromatic heterocycles. The van der Waals surface area contributed by atoms with E-state index in [1.54, 1.807) is 9.13 Å². The van der Waals surface area contributed by atoms with Crippen LogP contribution >= 0.6 is 0 Å². The first-order valence-corrected chi connectivity index (χ1v) is 13.2. The highest BCUT2D eigenvalue weighted by molar-refractivity contribution is 6.77. The number of carbonyl (C=O) groups excluding carboxylic acids is 2. The fourth-order valence-electron chi connectivity index (χ4n) is 1.59. The molecule has 0 bridgehead atoms. The summed E-state index contributed by atoms with van der Waals surface area (Å²) in [6.45, 7) is 19.9.